The highest BCUT2D eigenvalue weighted by Crippen LogP contribution is 2.42. The van der Waals surface area contributed by atoms with Crippen LogP contribution in [0.15, 0.2) is 59.3 Å². The Morgan fingerprint density at radius 3 is 2.26 bits per heavy atom. The number of nitro groups is 1. The zero-order valence-corrected chi connectivity index (χ0v) is 16.1. The molecule has 0 fully saturated rings. The summed E-state index contributed by atoms with van der Waals surface area (Å²) in [5.41, 5.74) is 1.13. The molecule has 0 saturated heterocycles. The van der Waals surface area contributed by atoms with Gasteiger partial charge in [0.15, 0.2) is 5.13 Å². The van der Waals surface area contributed by atoms with Crippen LogP contribution in [0, 0.1) is 10.1 Å². The molecular weight excluding hydrogens is 402 g/mol. The van der Waals surface area contributed by atoms with Crippen molar-refractivity contribution in [2.24, 2.45) is 0 Å². The number of thiazole rings is 1. The second kappa shape index (κ2) is 7.39. The summed E-state index contributed by atoms with van der Waals surface area (Å²) in [5.74, 6) is -0.353. The Hall–Kier alpha value is -2.88. The van der Waals surface area contributed by atoms with Crippen molar-refractivity contribution in [3.05, 3.63) is 75.0 Å². The summed E-state index contributed by atoms with van der Waals surface area (Å²) >= 11 is 4.62. The molecule has 0 atom stereocenters. The minimum Gasteiger partial charge on any atom is -0.298 e. The summed E-state index contributed by atoms with van der Waals surface area (Å²) in [4.78, 5) is 30.5. The van der Waals surface area contributed by atoms with Gasteiger partial charge in [-0.25, -0.2) is 4.98 Å². The summed E-state index contributed by atoms with van der Waals surface area (Å²) in [5, 5.41) is 18.0. The van der Waals surface area contributed by atoms with Crippen LogP contribution in [-0.4, -0.2) is 15.8 Å². The lowest BCUT2D eigenvalue weighted by atomic mass is 10.2. The first-order valence-corrected chi connectivity index (χ1v) is 10.3. The Bertz CT molecular complexity index is 1030. The first kappa shape index (κ1) is 17.5. The monoisotopic (exact) mass is 413 g/mol. The van der Waals surface area contributed by atoms with Crippen molar-refractivity contribution in [3.8, 4) is 20.3 Å². The van der Waals surface area contributed by atoms with Gasteiger partial charge in [0.2, 0.25) is 0 Å². The summed E-state index contributed by atoms with van der Waals surface area (Å²) in [6, 6.07) is 13.5. The second-order valence-corrected chi connectivity index (χ2v) is 8.30. The number of carbonyl (C=O) groups excluding carboxylic acids is 1. The van der Waals surface area contributed by atoms with Gasteiger partial charge in [-0.2, -0.15) is 0 Å². The molecule has 134 valence electrons. The molecule has 1 aromatic carbocycles. The molecule has 0 saturated carbocycles. The summed E-state index contributed by atoms with van der Waals surface area (Å²) in [7, 11) is 0. The van der Waals surface area contributed by atoms with Crippen LogP contribution in [0.4, 0.5) is 10.8 Å². The van der Waals surface area contributed by atoms with Crippen LogP contribution < -0.4 is 5.32 Å². The molecule has 0 spiro atoms. The van der Waals surface area contributed by atoms with Gasteiger partial charge in [0.25, 0.3) is 11.6 Å². The van der Waals surface area contributed by atoms with Gasteiger partial charge in [-0.05, 0) is 35.0 Å². The van der Waals surface area contributed by atoms with Gasteiger partial charge in [-0.1, -0.05) is 23.5 Å². The number of carbonyl (C=O) groups is 1. The van der Waals surface area contributed by atoms with Crippen molar-refractivity contribution in [2.75, 3.05) is 5.32 Å². The SMILES string of the molecule is O=C(Nc1nc(-c2cccs2)c(-c2cccs2)s1)c1ccc([N+](=O)[O-])cc1. The van der Waals surface area contributed by atoms with Gasteiger partial charge in [0.1, 0.15) is 5.69 Å². The predicted octanol–water partition coefficient (Wildman–Crippen LogP) is 5.76. The Morgan fingerprint density at radius 2 is 1.67 bits per heavy atom. The van der Waals surface area contributed by atoms with Crippen molar-refractivity contribution in [1.29, 1.82) is 0 Å². The van der Waals surface area contributed by atoms with E-state index in [0.717, 1.165) is 20.3 Å². The van der Waals surface area contributed by atoms with E-state index >= 15 is 0 Å². The molecule has 0 unspecified atom stereocenters. The number of nitro benzene ring substituents is 1. The molecule has 3 aromatic heterocycles. The maximum Gasteiger partial charge on any atom is 0.269 e. The van der Waals surface area contributed by atoms with Crippen molar-refractivity contribution < 1.29 is 9.72 Å². The molecule has 4 rings (SSSR count). The largest absolute Gasteiger partial charge is 0.298 e. The molecule has 4 aromatic rings. The van der Waals surface area contributed by atoms with Gasteiger partial charge in [-0.15, -0.1) is 22.7 Å². The van der Waals surface area contributed by atoms with Crippen LogP contribution in [0.3, 0.4) is 0 Å². The first-order chi connectivity index (χ1) is 13.1. The third kappa shape index (κ3) is 3.65. The Labute approximate surface area is 165 Å². The van der Waals surface area contributed by atoms with E-state index in [4.69, 9.17) is 0 Å². The van der Waals surface area contributed by atoms with E-state index in [2.05, 4.69) is 10.3 Å². The molecule has 6 nitrogen and oxygen atoms in total. The van der Waals surface area contributed by atoms with Crippen LogP contribution in [0.1, 0.15) is 10.4 Å². The number of hydrogen-bond acceptors (Lipinski definition) is 7. The molecule has 3 heterocycles. The van der Waals surface area contributed by atoms with Crippen molar-refractivity contribution >= 4 is 50.7 Å². The highest BCUT2D eigenvalue weighted by Gasteiger charge is 2.18. The highest BCUT2D eigenvalue weighted by atomic mass is 32.1. The fraction of sp³-hybridized carbons (Fsp3) is 0. The zero-order chi connectivity index (χ0) is 18.8. The molecule has 0 radical (unpaired) electrons. The van der Waals surface area contributed by atoms with E-state index < -0.39 is 4.92 Å². The molecule has 1 N–H and O–H groups in total. The number of amides is 1. The summed E-state index contributed by atoms with van der Waals surface area (Å²) < 4.78 is 0. The topological polar surface area (TPSA) is 85.1 Å². The fourth-order valence-corrected chi connectivity index (χ4v) is 5.05. The number of aromatic nitrogens is 1. The minimum atomic E-state index is -0.497. The minimum absolute atomic E-state index is 0.0549. The Balaban J connectivity index is 1.63. The maximum atomic E-state index is 12.5. The molecular formula is C18H11N3O3S3. The van der Waals surface area contributed by atoms with E-state index in [9.17, 15) is 14.9 Å². The molecule has 1 amide bonds. The number of anilines is 1. The summed E-state index contributed by atoms with van der Waals surface area (Å²) in [6.07, 6.45) is 0. The number of hydrogen-bond donors (Lipinski definition) is 1. The lowest BCUT2D eigenvalue weighted by Crippen LogP contribution is -2.11. The second-order valence-electron chi connectivity index (χ2n) is 5.41. The maximum absolute atomic E-state index is 12.5. The molecule has 0 aliphatic carbocycles. The Morgan fingerprint density at radius 1 is 1.00 bits per heavy atom. The molecule has 0 aliphatic heterocycles. The van der Waals surface area contributed by atoms with E-state index in [1.54, 1.807) is 22.7 Å². The number of non-ortho nitro benzene ring substituents is 1. The van der Waals surface area contributed by atoms with Gasteiger partial charge in [0.05, 0.1) is 14.7 Å². The highest BCUT2D eigenvalue weighted by molar-refractivity contribution is 7.24. The summed E-state index contributed by atoms with van der Waals surface area (Å²) in [6.45, 7) is 0. The Kier molecular flexibility index (Phi) is 4.80. The molecule has 27 heavy (non-hydrogen) atoms. The average molecular weight is 414 g/mol. The van der Waals surface area contributed by atoms with Crippen LogP contribution in [0.25, 0.3) is 20.3 Å². The van der Waals surface area contributed by atoms with E-state index in [0.29, 0.717) is 10.7 Å². The quantitative estimate of drug-likeness (QED) is 0.333. The number of nitrogens with zero attached hydrogens (tertiary/aromatic N) is 2. The van der Waals surface area contributed by atoms with Crippen LogP contribution in [-0.2, 0) is 0 Å². The van der Waals surface area contributed by atoms with Crippen LogP contribution >= 0.6 is 34.0 Å². The number of thiophene rings is 2. The van der Waals surface area contributed by atoms with Gasteiger partial charge >= 0.3 is 0 Å². The van der Waals surface area contributed by atoms with Gasteiger partial charge in [-0.3, -0.25) is 20.2 Å². The predicted molar refractivity (Wildman–Crippen MR) is 110 cm³/mol. The number of benzene rings is 1. The van der Waals surface area contributed by atoms with Crippen molar-refractivity contribution in [2.45, 2.75) is 0 Å². The third-order valence-corrected chi connectivity index (χ3v) is 6.58. The normalized spacial score (nSPS) is 10.7. The van der Waals surface area contributed by atoms with Crippen molar-refractivity contribution in [1.82, 2.24) is 4.98 Å². The van der Waals surface area contributed by atoms with Gasteiger partial charge < -0.3 is 0 Å². The fourth-order valence-electron chi connectivity index (χ4n) is 2.43. The number of nitrogens with one attached hydrogen (secondary N) is 1. The molecule has 0 aliphatic rings. The van der Waals surface area contributed by atoms with E-state index in [1.165, 1.54) is 35.6 Å². The standard InChI is InChI=1S/C18H11N3O3S3/c22-17(11-5-7-12(8-6-11)21(23)24)20-18-19-15(13-3-1-9-25-13)16(27-18)14-4-2-10-26-14/h1-10H,(H,19,20,22). The lowest BCUT2D eigenvalue weighted by Gasteiger charge is -2.01. The van der Waals surface area contributed by atoms with Crippen LogP contribution in [0.2, 0.25) is 0 Å². The smallest absolute Gasteiger partial charge is 0.269 e. The van der Waals surface area contributed by atoms with E-state index in [-0.39, 0.29) is 11.6 Å². The third-order valence-electron chi connectivity index (χ3n) is 3.69. The van der Waals surface area contributed by atoms with Crippen molar-refractivity contribution in [3.63, 3.8) is 0 Å². The average Bonchev–Trinajstić information content (AvgIpc) is 3.42. The van der Waals surface area contributed by atoms with Gasteiger partial charge in [0, 0.05) is 22.6 Å². The van der Waals surface area contributed by atoms with Crippen LogP contribution in [0.5, 0.6) is 0 Å². The molecule has 9 heteroatoms. The zero-order valence-electron chi connectivity index (χ0n) is 13.6. The molecule has 0 bridgehead atoms. The van der Waals surface area contributed by atoms with E-state index in [1.807, 2.05) is 35.0 Å². The first-order valence-electron chi connectivity index (χ1n) is 7.76. The number of rotatable bonds is 5. The lowest BCUT2D eigenvalue weighted by molar-refractivity contribution is -0.384.